The van der Waals surface area contributed by atoms with Crippen LogP contribution in [0.15, 0.2) is 53.6 Å². The number of nitrogens with one attached hydrogen (secondary N) is 2. The van der Waals surface area contributed by atoms with E-state index in [-0.39, 0.29) is 12.5 Å². The second-order valence-corrected chi connectivity index (χ2v) is 4.76. The van der Waals surface area contributed by atoms with Crippen molar-refractivity contribution in [2.24, 2.45) is 5.10 Å². The third kappa shape index (κ3) is 2.40. The predicted octanol–water partition coefficient (Wildman–Crippen LogP) is 2.29. The largest absolute Gasteiger partial charge is 0.324 e. The molecular weight excluding hydrogens is 250 g/mol. The molecule has 0 unspecified atom stereocenters. The molecule has 0 atom stereocenters. The van der Waals surface area contributed by atoms with Crippen LogP contribution < -0.4 is 10.7 Å². The number of fused-ring (bicyclic) bond motifs is 1. The van der Waals surface area contributed by atoms with Gasteiger partial charge in [-0.1, -0.05) is 42.0 Å². The van der Waals surface area contributed by atoms with Crippen LogP contribution in [0.25, 0.3) is 0 Å². The molecule has 100 valence electrons. The Morgan fingerprint density at radius 1 is 1.10 bits per heavy atom. The molecule has 4 heteroatoms. The van der Waals surface area contributed by atoms with Crippen molar-refractivity contribution in [1.29, 1.82) is 0 Å². The van der Waals surface area contributed by atoms with E-state index in [1.165, 1.54) is 0 Å². The number of hydrogen-bond donors (Lipinski definition) is 2. The first kappa shape index (κ1) is 12.4. The summed E-state index contributed by atoms with van der Waals surface area (Å²) in [6.07, 6.45) is 0. The SMILES string of the molecule is Cc1ccc2c(c1)C(c1ccccc1)=NNCC(=O)N2. The van der Waals surface area contributed by atoms with Crippen LogP contribution in [0.3, 0.4) is 0 Å². The van der Waals surface area contributed by atoms with Crippen molar-refractivity contribution in [2.45, 2.75) is 6.92 Å². The van der Waals surface area contributed by atoms with E-state index in [1.807, 2.05) is 55.5 Å². The molecule has 20 heavy (non-hydrogen) atoms. The maximum absolute atomic E-state index is 11.7. The van der Waals surface area contributed by atoms with Crippen LogP contribution in [0.2, 0.25) is 0 Å². The predicted molar refractivity (Wildman–Crippen MR) is 79.9 cm³/mol. The number of nitrogens with zero attached hydrogens (tertiary/aromatic N) is 1. The highest BCUT2D eigenvalue weighted by Gasteiger charge is 2.16. The molecule has 0 saturated heterocycles. The fourth-order valence-electron chi connectivity index (χ4n) is 2.22. The molecule has 2 aromatic carbocycles. The molecule has 1 heterocycles. The molecule has 1 amide bonds. The van der Waals surface area contributed by atoms with Crippen molar-refractivity contribution < 1.29 is 4.79 Å². The number of anilines is 1. The number of rotatable bonds is 1. The molecule has 0 aromatic heterocycles. The monoisotopic (exact) mass is 265 g/mol. The minimum atomic E-state index is -0.0917. The number of hydrazone groups is 1. The first-order chi connectivity index (χ1) is 9.74. The maximum atomic E-state index is 11.7. The summed E-state index contributed by atoms with van der Waals surface area (Å²) in [5, 5.41) is 7.30. The normalized spacial score (nSPS) is 14.2. The molecule has 0 bridgehead atoms. The number of amides is 1. The number of carbonyl (C=O) groups excluding carboxylic acids is 1. The Labute approximate surface area is 117 Å². The summed E-state index contributed by atoms with van der Waals surface area (Å²) < 4.78 is 0. The standard InChI is InChI=1S/C16H15N3O/c1-11-7-8-14-13(9-11)16(12-5-3-2-4-6-12)19-17-10-15(20)18-14/h2-9,17H,10H2,1H3,(H,18,20). The number of benzene rings is 2. The molecule has 0 aliphatic carbocycles. The second kappa shape index (κ2) is 5.17. The minimum Gasteiger partial charge on any atom is -0.324 e. The van der Waals surface area contributed by atoms with Crippen molar-refractivity contribution in [3.8, 4) is 0 Å². The number of carbonyl (C=O) groups is 1. The Morgan fingerprint density at radius 3 is 2.70 bits per heavy atom. The van der Waals surface area contributed by atoms with Gasteiger partial charge in [0.05, 0.1) is 11.4 Å². The van der Waals surface area contributed by atoms with E-state index in [0.29, 0.717) is 0 Å². The van der Waals surface area contributed by atoms with Gasteiger partial charge in [0.1, 0.15) is 6.54 Å². The average molecular weight is 265 g/mol. The van der Waals surface area contributed by atoms with E-state index in [4.69, 9.17) is 0 Å². The van der Waals surface area contributed by atoms with E-state index >= 15 is 0 Å². The minimum absolute atomic E-state index is 0.0917. The summed E-state index contributed by atoms with van der Waals surface area (Å²) in [5.74, 6) is -0.0917. The first-order valence-corrected chi connectivity index (χ1v) is 6.51. The van der Waals surface area contributed by atoms with Crippen molar-refractivity contribution in [1.82, 2.24) is 5.43 Å². The quantitative estimate of drug-likeness (QED) is 0.831. The van der Waals surface area contributed by atoms with Crippen LogP contribution in [0.4, 0.5) is 5.69 Å². The maximum Gasteiger partial charge on any atom is 0.245 e. The Hall–Kier alpha value is -2.62. The van der Waals surface area contributed by atoms with Gasteiger partial charge in [-0.2, -0.15) is 5.10 Å². The lowest BCUT2D eigenvalue weighted by Crippen LogP contribution is -2.29. The lowest BCUT2D eigenvalue weighted by molar-refractivity contribution is -0.115. The highest BCUT2D eigenvalue weighted by molar-refractivity contribution is 6.17. The van der Waals surface area contributed by atoms with Crippen LogP contribution >= 0.6 is 0 Å². The van der Waals surface area contributed by atoms with Gasteiger partial charge in [-0.3, -0.25) is 4.79 Å². The molecule has 2 N–H and O–H groups in total. The fourth-order valence-corrected chi connectivity index (χ4v) is 2.22. The van der Waals surface area contributed by atoms with E-state index in [2.05, 4.69) is 15.8 Å². The Kier molecular flexibility index (Phi) is 3.21. The van der Waals surface area contributed by atoms with E-state index in [0.717, 1.165) is 28.1 Å². The highest BCUT2D eigenvalue weighted by Crippen LogP contribution is 2.22. The van der Waals surface area contributed by atoms with Crippen molar-refractivity contribution in [3.63, 3.8) is 0 Å². The summed E-state index contributed by atoms with van der Waals surface area (Å²) in [6.45, 7) is 2.19. The molecular formula is C16H15N3O. The molecule has 0 radical (unpaired) electrons. The highest BCUT2D eigenvalue weighted by atomic mass is 16.2. The molecule has 2 aromatic rings. The van der Waals surface area contributed by atoms with Crippen LogP contribution in [0.1, 0.15) is 16.7 Å². The molecule has 3 rings (SSSR count). The Balaban J connectivity index is 2.17. The average Bonchev–Trinajstić information content (AvgIpc) is 2.45. The van der Waals surface area contributed by atoms with Gasteiger partial charge in [0.25, 0.3) is 0 Å². The van der Waals surface area contributed by atoms with Crippen molar-refractivity contribution >= 4 is 17.3 Å². The molecule has 0 saturated carbocycles. The third-order valence-electron chi connectivity index (χ3n) is 3.18. The summed E-state index contributed by atoms with van der Waals surface area (Å²) in [7, 11) is 0. The van der Waals surface area contributed by atoms with Gasteiger partial charge < -0.3 is 10.7 Å². The lowest BCUT2D eigenvalue weighted by Gasteiger charge is -2.17. The molecule has 0 fully saturated rings. The van der Waals surface area contributed by atoms with Gasteiger partial charge in [0.2, 0.25) is 5.91 Å². The van der Waals surface area contributed by atoms with Gasteiger partial charge in [0, 0.05) is 11.1 Å². The zero-order chi connectivity index (χ0) is 13.9. The van der Waals surface area contributed by atoms with E-state index in [1.54, 1.807) is 0 Å². The van der Waals surface area contributed by atoms with Crippen molar-refractivity contribution in [2.75, 3.05) is 11.9 Å². The van der Waals surface area contributed by atoms with Crippen LogP contribution in [0, 0.1) is 6.92 Å². The van der Waals surface area contributed by atoms with Crippen LogP contribution in [-0.2, 0) is 4.79 Å². The van der Waals surface area contributed by atoms with Gasteiger partial charge in [-0.25, -0.2) is 0 Å². The zero-order valence-electron chi connectivity index (χ0n) is 11.2. The van der Waals surface area contributed by atoms with Crippen LogP contribution in [-0.4, -0.2) is 18.2 Å². The Bertz CT molecular complexity index is 677. The first-order valence-electron chi connectivity index (χ1n) is 6.51. The summed E-state index contributed by atoms with van der Waals surface area (Å²) in [6, 6.07) is 15.9. The van der Waals surface area contributed by atoms with Crippen LogP contribution in [0.5, 0.6) is 0 Å². The molecule has 0 spiro atoms. The lowest BCUT2D eigenvalue weighted by atomic mass is 9.98. The van der Waals surface area contributed by atoms with E-state index in [9.17, 15) is 4.79 Å². The second-order valence-electron chi connectivity index (χ2n) is 4.76. The topological polar surface area (TPSA) is 53.5 Å². The Morgan fingerprint density at radius 2 is 1.90 bits per heavy atom. The summed E-state index contributed by atoms with van der Waals surface area (Å²) in [5.41, 5.74) is 7.53. The molecule has 1 aliphatic heterocycles. The smallest absolute Gasteiger partial charge is 0.245 e. The van der Waals surface area contributed by atoms with Gasteiger partial charge in [-0.15, -0.1) is 0 Å². The number of aryl methyl sites for hydroxylation is 1. The number of hydrogen-bond acceptors (Lipinski definition) is 3. The van der Waals surface area contributed by atoms with E-state index < -0.39 is 0 Å². The summed E-state index contributed by atoms with van der Waals surface area (Å²) >= 11 is 0. The summed E-state index contributed by atoms with van der Waals surface area (Å²) in [4.78, 5) is 11.7. The zero-order valence-corrected chi connectivity index (χ0v) is 11.2. The van der Waals surface area contributed by atoms with Gasteiger partial charge >= 0.3 is 0 Å². The van der Waals surface area contributed by atoms with Gasteiger partial charge in [-0.05, 0) is 19.1 Å². The molecule has 4 nitrogen and oxygen atoms in total. The van der Waals surface area contributed by atoms with Crippen molar-refractivity contribution in [3.05, 3.63) is 65.2 Å². The third-order valence-corrected chi connectivity index (χ3v) is 3.18. The molecule has 1 aliphatic rings. The fraction of sp³-hybridized carbons (Fsp3) is 0.125. The van der Waals surface area contributed by atoms with Gasteiger partial charge in [0.15, 0.2) is 0 Å².